The standard InChI is InChI=1S/C11H15FN2O/c12-9-4-3-5-10(14-9)13-8-11(15)6-1-2-7-11/h3-5,15H,1-2,6-8H2,(H,13,14). The van der Waals surface area contributed by atoms with Gasteiger partial charge >= 0.3 is 0 Å². The lowest BCUT2D eigenvalue weighted by molar-refractivity contribution is 0.0614. The van der Waals surface area contributed by atoms with Crippen molar-refractivity contribution >= 4 is 5.82 Å². The van der Waals surface area contributed by atoms with Crippen LogP contribution in [0.1, 0.15) is 25.7 Å². The molecule has 4 heteroatoms. The van der Waals surface area contributed by atoms with Crippen LogP contribution in [0.2, 0.25) is 0 Å². The van der Waals surface area contributed by atoms with E-state index in [1.165, 1.54) is 6.07 Å². The van der Waals surface area contributed by atoms with Gasteiger partial charge in [0.15, 0.2) is 0 Å². The van der Waals surface area contributed by atoms with Gasteiger partial charge in [0.05, 0.1) is 5.60 Å². The summed E-state index contributed by atoms with van der Waals surface area (Å²) in [6, 6.07) is 4.60. The Balaban J connectivity index is 1.92. The molecule has 3 nitrogen and oxygen atoms in total. The topological polar surface area (TPSA) is 45.1 Å². The third-order valence-electron chi connectivity index (χ3n) is 2.85. The summed E-state index contributed by atoms with van der Waals surface area (Å²) in [6.07, 6.45) is 3.76. The van der Waals surface area contributed by atoms with Gasteiger partial charge in [0.2, 0.25) is 5.95 Å². The molecule has 1 aliphatic carbocycles. The number of hydrogen-bond acceptors (Lipinski definition) is 3. The third kappa shape index (κ3) is 2.65. The van der Waals surface area contributed by atoms with E-state index in [4.69, 9.17) is 0 Å². The van der Waals surface area contributed by atoms with Gasteiger partial charge in [0.1, 0.15) is 5.82 Å². The molecule has 0 saturated heterocycles. The predicted molar refractivity (Wildman–Crippen MR) is 56.1 cm³/mol. The molecule has 1 heterocycles. The molecule has 1 saturated carbocycles. The first-order valence-electron chi connectivity index (χ1n) is 5.27. The second-order valence-corrected chi connectivity index (χ2v) is 4.13. The molecule has 0 bridgehead atoms. The Morgan fingerprint density at radius 3 is 2.80 bits per heavy atom. The van der Waals surface area contributed by atoms with Crippen LogP contribution in [0.25, 0.3) is 0 Å². The van der Waals surface area contributed by atoms with Gasteiger partial charge in [-0.05, 0) is 25.0 Å². The minimum absolute atomic E-state index is 0.448. The fourth-order valence-electron chi connectivity index (χ4n) is 1.97. The van der Waals surface area contributed by atoms with Crippen molar-refractivity contribution in [2.45, 2.75) is 31.3 Å². The van der Waals surface area contributed by atoms with Crippen molar-refractivity contribution in [1.82, 2.24) is 4.98 Å². The van der Waals surface area contributed by atoms with Gasteiger partial charge in [-0.3, -0.25) is 0 Å². The molecule has 1 aromatic rings. The minimum atomic E-state index is -0.631. The Hall–Kier alpha value is -1.16. The highest BCUT2D eigenvalue weighted by molar-refractivity contribution is 5.34. The van der Waals surface area contributed by atoms with Gasteiger partial charge in [-0.1, -0.05) is 18.9 Å². The van der Waals surface area contributed by atoms with Gasteiger partial charge in [-0.15, -0.1) is 0 Å². The van der Waals surface area contributed by atoms with Crippen molar-refractivity contribution in [2.75, 3.05) is 11.9 Å². The molecule has 0 aliphatic heterocycles. The summed E-state index contributed by atoms with van der Waals surface area (Å²) in [4.78, 5) is 3.68. The number of nitrogens with one attached hydrogen (secondary N) is 1. The number of pyridine rings is 1. The number of aliphatic hydroxyl groups is 1. The maximum absolute atomic E-state index is 12.7. The quantitative estimate of drug-likeness (QED) is 0.749. The zero-order valence-corrected chi connectivity index (χ0v) is 8.54. The molecule has 0 atom stereocenters. The maximum atomic E-state index is 12.7. The van der Waals surface area contributed by atoms with E-state index in [-0.39, 0.29) is 0 Å². The van der Waals surface area contributed by atoms with Gasteiger partial charge in [0, 0.05) is 6.54 Å². The van der Waals surface area contributed by atoms with Gasteiger partial charge in [0.25, 0.3) is 0 Å². The molecule has 0 radical (unpaired) electrons. The van der Waals surface area contributed by atoms with E-state index in [0.29, 0.717) is 12.4 Å². The Morgan fingerprint density at radius 2 is 2.13 bits per heavy atom. The van der Waals surface area contributed by atoms with E-state index in [0.717, 1.165) is 25.7 Å². The summed E-state index contributed by atoms with van der Waals surface area (Å²) in [7, 11) is 0. The van der Waals surface area contributed by atoms with Crippen molar-refractivity contribution in [3.63, 3.8) is 0 Å². The molecule has 0 amide bonds. The summed E-state index contributed by atoms with van der Waals surface area (Å²) < 4.78 is 12.7. The molecule has 2 rings (SSSR count). The maximum Gasteiger partial charge on any atom is 0.214 e. The first-order chi connectivity index (χ1) is 7.18. The van der Waals surface area contributed by atoms with E-state index in [1.54, 1.807) is 12.1 Å². The molecule has 2 N–H and O–H groups in total. The molecule has 82 valence electrons. The lowest BCUT2D eigenvalue weighted by atomic mass is 10.0. The van der Waals surface area contributed by atoms with E-state index in [1.807, 2.05) is 0 Å². The van der Waals surface area contributed by atoms with E-state index in [9.17, 15) is 9.50 Å². The molecule has 1 aliphatic rings. The molecule has 15 heavy (non-hydrogen) atoms. The Labute approximate surface area is 88.3 Å². The van der Waals surface area contributed by atoms with E-state index >= 15 is 0 Å². The first-order valence-corrected chi connectivity index (χ1v) is 5.27. The van der Waals surface area contributed by atoms with Crippen molar-refractivity contribution in [2.24, 2.45) is 0 Å². The van der Waals surface area contributed by atoms with E-state index in [2.05, 4.69) is 10.3 Å². The van der Waals surface area contributed by atoms with Crippen molar-refractivity contribution in [1.29, 1.82) is 0 Å². The third-order valence-corrected chi connectivity index (χ3v) is 2.85. The zero-order valence-electron chi connectivity index (χ0n) is 8.54. The molecule has 0 aromatic carbocycles. The van der Waals surface area contributed by atoms with Crippen LogP contribution < -0.4 is 5.32 Å². The average Bonchev–Trinajstić information content (AvgIpc) is 2.63. The van der Waals surface area contributed by atoms with Crippen LogP contribution in [0.4, 0.5) is 10.2 Å². The lowest BCUT2D eigenvalue weighted by Crippen LogP contribution is -2.33. The number of nitrogens with zero attached hydrogens (tertiary/aromatic N) is 1. The van der Waals surface area contributed by atoms with Crippen LogP contribution in [0, 0.1) is 5.95 Å². The molecule has 0 unspecified atom stereocenters. The summed E-state index contributed by atoms with van der Waals surface area (Å²) in [5.41, 5.74) is -0.631. The Kier molecular flexibility index (Phi) is 2.86. The Bertz CT molecular complexity index is 337. The summed E-state index contributed by atoms with van der Waals surface area (Å²) in [5, 5.41) is 13.0. The molecule has 0 spiro atoms. The molecule has 1 fully saturated rings. The second kappa shape index (κ2) is 4.14. The highest BCUT2D eigenvalue weighted by atomic mass is 19.1. The second-order valence-electron chi connectivity index (χ2n) is 4.13. The van der Waals surface area contributed by atoms with Gasteiger partial charge in [-0.2, -0.15) is 4.39 Å². The fourth-order valence-corrected chi connectivity index (χ4v) is 1.97. The van der Waals surface area contributed by atoms with Crippen LogP contribution in [0.15, 0.2) is 18.2 Å². The molecular formula is C11H15FN2O. The zero-order chi connectivity index (χ0) is 10.7. The summed E-state index contributed by atoms with van der Waals surface area (Å²) in [6.45, 7) is 0.448. The molecule has 1 aromatic heterocycles. The normalized spacial score (nSPS) is 19.1. The SMILES string of the molecule is OC1(CNc2cccc(F)n2)CCCC1. The molecular weight excluding hydrogens is 195 g/mol. The summed E-state index contributed by atoms with van der Waals surface area (Å²) in [5.74, 6) is -0.0197. The van der Waals surface area contributed by atoms with Crippen LogP contribution in [0.3, 0.4) is 0 Å². The van der Waals surface area contributed by atoms with E-state index < -0.39 is 11.5 Å². The van der Waals surface area contributed by atoms with Gasteiger partial charge in [-0.25, -0.2) is 4.98 Å². The van der Waals surface area contributed by atoms with Crippen molar-refractivity contribution < 1.29 is 9.50 Å². The largest absolute Gasteiger partial charge is 0.388 e. The average molecular weight is 210 g/mol. The lowest BCUT2D eigenvalue weighted by Gasteiger charge is -2.22. The Morgan fingerprint density at radius 1 is 1.40 bits per heavy atom. The van der Waals surface area contributed by atoms with Gasteiger partial charge < -0.3 is 10.4 Å². The number of rotatable bonds is 3. The number of aromatic nitrogens is 1. The highest BCUT2D eigenvalue weighted by Crippen LogP contribution is 2.29. The van der Waals surface area contributed by atoms with Crippen LogP contribution in [-0.2, 0) is 0 Å². The number of halogens is 1. The smallest absolute Gasteiger partial charge is 0.214 e. The predicted octanol–water partition coefficient (Wildman–Crippen LogP) is 1.94. The highest BCUT2D eigenvalue weighted by Gasteiger charge is 2.30. The van der Waals surface area contributed by atoms with Crippen molar-refractivity contribution in [3.8, 4) is 0 Å². The number of hydrogen-bond donors (Lipinski definition) is 2. The summed E-state index contributed by atoms with van der Waals surface area (Å²) >= 11 is 0. The fraction of sp³-hybridized carbons (Fsp3) is 0.545. The van der Waals surface area contributed by atoms with Crippen molar-refractivity contribution in [3.05, 3.63) is 24.1 Å². The van der Waals surface area contributed by atoms with Crippen LogP contribution in [-0.4, -0.2) is 22.2 Å². The number of anilines is 1. The van der Waals surface area contributed by atoms with Crippen LogP contribution >= 0.6 is 0 Å². The first kappa shape index (κ1) is 10.4. The monoisotopic (exact) mass is 210 g/mol. The minimum Gasteiger partial charge on any atom is -0.388 e. The van der Waals surface area contributed by atoms with Crippen LogP contribution in [0.5, 0.6) is 0 Å².